The second-order valence-electron chi connectivity index (χ2n) is 5.35. The Hall–Kier alpha value is -2.99. The van der Waals surface area contributed by atoms with Crippen molar-refractivity contribution >= 4 is 22.5 Å². The molecule has 0 bridgehead atoms. The van der Waals surface area contributed by atoms with Gasteiger partial charge in [0.1, 0.15) is 12.4 Å². The lowest BCUT2D eigenvalue weighted by Crippen LogP contribution is -2.22. The minimum absolute atomic E-state index is 0.0270. The Bertz CT molecular complexity index is 963. The first-order valence-corrected chi connectivity index (χ1v) is 7.48. The molecule has 1 amide bonds. The first-order chi connectivity index (χ1) is 11.6. The highest BCUT2D eigenvalue weighted by atomic mass is 16.5. The number of fused-ring (bicyclic) bond motifs is 1. The lowest BCUT2D eigenvalue weighted by Gasteiger charge is -2.12. The smallest absolute Gasteiger partial charge is 0.265 e. The first-order valence-electron chi connectivity index (χ1n) is 7.48. The molecule has 0 saturated heterocycles. The molecule has 122 valence electrons. The number of hydrogen-bond acceptors (Lipinski definition) is 4. The van der Waals surface area contributed by atoms with Gasteiger partial charge in [-0.15, -0.1) is 0 Å². The van der Waals surface area contributed by atoms with E-state index in [0.717, 1.165) is 0 Å². The van der Waals surface area contributed by atoms with Crippen molar-refractivity contribution in [3.05, 3.63) is 64.7 Å². The van der Waals surface area contributed by atoms with Gasteiger partial charge >= 0.3 is 0 Å². The molecule has 0 radical (unpaired) electrons. The summed E-state index contributed by atoms with van der Waals surface area (Å²) in [6, 6.07) is 14.3. The number of carbonyl (C=O) groups is 1. The molecule has 0 atom stereocenters. The van der Waals surface area contributed by atoms with E-state index in [4.69, 9.17) is 4.74 Å². The number of hydrogen-bond donors (Lipinski definition) is 1. The number of methoxy groups -OCH3 is 1. The van der Waals surface area contributed by atoms with Crippen molar-refractivity contribution in [3.8, 4) is 5.69 Å². The van der Waals surface area contributed by atoms with Crippen molar-refractivity contribution in [1.82, 2.24) is 9.55 Å². The van der Waals surface area contributed by atoms with E-state index in [0.29, 0.717) is 28.1 Å². The normalized spacial score (nSPS) is 10.8. The number of ether oxygens (including phenoxy) is 1. The number of anilines is 1. The SMILES string of the molecule is COCC(=O)Nc1cccc(-n2c(C)nc3ccccc3c2=O)c1. The maximum absolute atomic E-state index is 12.8. The number of carbonyl (C=O) groups excluding carboxylic acids is 1. The Morgan fingerprint density at radius 3 is 2.79 bits per heavy atom. The van der Waals surface area contributed by atoms with E-state index in [1.807, 2.05) is 18.2 Å². The van der Waals surface area contributed by atoms with Gasteiger partial charge in [0.25, 0.3) is 5.56 Å². The third-order valence-corrected chi connectivity index (χ3v) is 3.61. The quantitative estimate of drug-likeness (QED) is 0.799. The summed E-state index contributed by atoms with van der Waals surface area (Å²) in [7, 11) is 1.46. The zero-order chi connectivity index (χ0) is 17.1. The van der Waals surface area contributed by atoms with Crippen LogP contribution in [0.1, 0.15) is 5.82 Å². The number of nitrogens with one attached hydrogen (secondary N) is 1. The van der Waals surface area contributed by atoms with Crippen LogP contribution in [0, 0.1) is 6.92 Å². The molecule has 0 fully saturated rings. The van der Waals surface area contributed by atoms with Crippen LogP contribution in [-0.2, 0) is 9.53 Å². The maximum Gasteiger partial charge on any atom is 0.265 e. The summed E-state index contributed by atoms with van der Waals surface area (Å²) in [5, 5.41) is 3.28. The maximum atomic E-state index is 12.8. The molecule has 2 aromatic carbocycles. The standard InChI is InChI=1S/C18H17N3O3/c1-12-19-16-9-4-3-8-15(16)18(23)21(12)14-7-5-6-13(10-14)20-17(22)11-24-2/h3-10H,11H2,1-2H3,(H,20,22). The molecule has 6 nitrogen and oxygen atoms in total. The topological polar surface area (TPSA) is 73.2 Å². The van der Waals surface area contributed by atoms with Gasteiger partial charge in [-0.25, -0.2) is 4.98 Å². The summed E-state index contributed by atoms with van der Waals surface area (Å²) in [4.78, 5) is 28.9. The molecule has 0 saturated carbocycles. The summed E-state index contributed by atoms with van der Waals surface area (Å²) in [6.45, 7) is 1.75. The molecule has 0 aliphatic heterocycles. The van der Waals surface area contributed by atoms with Crippen molar-refractivity contribution in [2.75, 3.05) is 19.0 Å². The zero-order valence-electron chi connectivity index (χ0n) is 13.4. The lowest BCUT2D eigenvalue weighted by atomic mass is 10.2. The third-order valence-electron chi connectivity index (χ3n) is 3.61. The average Bonchev–Trinajstić information content (AvgIpc) is 2.55. The third kappa shape index (κ3) is 3.04. The Labute approximate surface area is 138 Å². The minimum atomic E-state index is -0.254. The van der Waals surface area contributed by atoms with Crippen LogP contribution >= 0.6 is 0 Å². The molecule has 1 aromatic heterocycles. The van der Waals surface area contributed by atoms with Crippen molar-refractivity contribution < 1.29 is 9.53 Å². The number of amides is 1. The van der Waals surface area contributed by atoms with Crippen LogP contribution in [0.2, 0.25) is 0 Å². The predicted molar refractivity (Wildman–Crippen MR) is 92.6 cm³/mol. The number of rotatable bonds is 4. The van der Waals surface area contributed by atoms with Gasteiger partial charge in [-0.05, 0) is 37.3 Å². The Morgan fingerprint density at radius 2 is 2.00 bits per heavy atom. The molecular weight excluding hydrogens is 306 g/mol. The molecule has 1 heterocycles. The molecule has 0 spiro atoms. The van der Waals surface area contributed by atoms with Gasteiger partial charge in [-0.1, -0.05) is 18.2 Å². The van der Waals surface area contributed by atoms with Crippen LogP contribution in [0.5, 0.6) is 0 Å². The van der Waals surface area contributed by atoms with Gasteiger partial charge in [0, 0.05) is 12.8 Å². The van der Waals surface area contributed by atoms with Crippen molar-refractivity contribution in [3.63, 3.8) is 0 Å². The second kappa shape index (κ2) is 6.64. The molecule has 3 rings (SSSR count). The van der Waals surface area contributed by atoms with Crippen LogP contribution in [0.3, 0.4) is 0 Å². The summed E-state index contributed by atoms with van der Waals surface area (Å²) in [6.07, 6.45) is 0. The van der Waals surface area contributed by atoms with Gasteiger partial charge in [0.05, 0.1) is 16.6 Å². The molecule has 24 heavy (non-hydrogen) atoms. The number of aryl methyl sites for hydroxylation is 1. The largest absolute Gasteiger partial charge is 0.375 e. The highest BCUT2D eigenvalue weighted by Gasteiger charge is 2.10. The van der Waals surface area contributed by atoms with E-state index in [1.165, 1.54) is 11.7 Å². The number of para-hydroxylation sites is 1. The van der Waals surface area contributed by atoms with E-state index in [2.05, 4.69) is 10.3 Å². The zero-order valence-corrected chi connectivity index (χ0v) is 13.4. The van der Waals surface area contributed by atoms with E-state index >= 15 is 0 Å². The van der Waals surface area contributed by atoms with Gasteiger partial charge < -0.3 is 10.1 Å². The van der Waals surface area contributed by atoms with Crippen LogP contribution < -0.4 is 10.9 Å². The number of nitrogens with zero attached hydrogens (tertiary/aromatic N) is 2. The summed E-state index contributed by atoms with van der Waals surface area (Å²) in [5.74, 6) is 0.328. The fourth-order valence-corrected chi connectivity index (χ4v) is 2.60. The van der Waals surface area contributed by atoms with E-state index in [1.54, 1.807) is 37.3 Å². The van der Waals surface area contributed by atoms with E-state index in [9.17, 15) is 9.59 Å². The Balaban J connectivity index is 2.08. The Morgan fingerprint density at radius 1 is 1.21 bits per heavy atom. The monoisotopic (exact) mass is 323 g/mol. The van der Waals surface area contributed by atoms with Crippen molar-refractivity contribution in [2.24, 2.45) is 0 Å². The molecular formula is C18H17N3O3. The van der Waals surface area contributed by atoms with E-state index < -0.39 is 0 Å². The van der Waals surface area contributed by atoms with Crippen LogP contribution in [-0.4, -0.2) is 29.2 Å². The van der Waals surface area contributed by atoms with Gasteiger partial charge in [0.15, 0.2) is 0 Å². The van der Waals surface area contributed by atoms with Gasteiger partial charge in [-0.2, -0.15) is 0 Å². The highest BCUT2D eigenvalue weighted by molar-refractivity contribution is 5.92. The predicted octanol–water partition coefficient (Wildman–Crippen LogP) is 2.28. The van der Waals surface area contributed by atoms with Crippen LogP contribution in [0.25, 0.3) is 16.6 Å². The number of aromatic nitrogens is 2. The van der Waals surface area contributed by atoms with Gasteiger partial charge in [0.2, 0.25) is 5.91 Å². The van der Waals surface area contributed by atoms with Crippen molar-refractivity contribution in [2.45, 2.75) is 6.92 Å². The molecule has 0 aliphatic rings. The summed E-state index contributed by atoms with van der Waals surface area (Å²) >= 11 is 0. The first kappa shape index (κ1) is 15.9. The molecule has 1 N–H and O–H groups in total. The molecule has 0 unspecified atom stereocenters. The second-order valence-corrected chi connectivity index (χ2v) is 5.35. The summed E-state index contributed by atoms with van der Waals surface area (Å²) < 4.78 is 6.34. The van der Waals surface area contributed by atoms with Gasteiger partial charge in [-0.3, -0.25) is 14.2 Å². The fraction of sp³-hybridized carbons (Fsp3) is 0.167. The highest BCUT2D eigenvalue weighted by Crippen LogP contribution is 2.16. The molecule has 6 heteroatoms. The lowest BCUT2D eigenvalue weighted by molar-refractivity contribution is -0.119. The minimum Gasteiger partial charge on any atom is -0.375 e. The van der Waals surface area contributed by atoms with E-state index in [-0.39, 0.29) is 18.1 Å². The number of benzene rings is 2. The average molecular weight is 323 g/mol. The fourth-order valence-electron chi connectivity index (χ4n) is 2.60. The van der Waals surface area contributed by atoms with Crippen LogP contribution in [0.4, 0.5) is 5.69 Å². The Kier molecular flexibility index (Phi) is 4.39. The van der Waals surface area contributed by atoms with Crippen LogP contribution in [0.15, 0.2) is 53.3 Å². The van der Waals surface area contributed by atoms with Crippen molar-refractivity contribution in [1.29, 1.82) is 0 Å². The molecule has 3 aromatic rings. The summed E-state index contributed by atoms with van der Waals surface area (Å²) in [5.41, 5.74) is 1.76. The molecule has 0 aliphatic carbocycles.